The average molecular weight is 379 g/mol. The Balaban J connectivity index is 2.47. The first kappa shape index (κ1) is 20.6. The molecule has 0 fully saturated rings. The SMILES string of the molecule is C=Cc1c(C=C)c(-c2ccc(C)cc2)c2ccccc2c1C(/C=C\C(C)C)=C/C. The molecule has 3 rings (SSSR count). The first-order valence-corrected chi connectivity index (χ1v) is 10.3. The monoisotopic (exact) mass is 378 g/mol. The third kappa shape index (κ3) is 4.03. The number of fused-ring (bicyclic) bond motifs is 1. The molecular formula is C29H30. The average Bonchev–Trinajstić information content (AvgIpc) is 2.73. The molecule has 0 aromatic heterocycles. The largest absolute Gasteiger partial charge is 0.0984 e. The Labute approximate surface area is 175 Å². The molecule has 0 unspecified atom stereocenters. The van der Waals surface area contributed by atoms with Crippen molar-refractivity contribution in [1.82, 2.24) is 0 Å². The topological polar surface area (TPSA) is 0 Å². The van der Waals surface area contributed by atoms with Gasteiger partial charge in [-0.3, -0.25) is 0 Å². The molecule has 0 spiro atoms. The van der Waals surface area contributed by atoms with Crippen molar-refractivity contribution >= 4 is 28.5 Å². The smallest absolute Gasteiger partial charge is 0.00266 e. The number of hydrogen-bond acceptors (Lipinski definition) is 0. The van der Waals surface area contributed by atoms with Gasteiger partial charge in [-0.15, -0.1) is 0 Å². The second-order valence-electron chi connectivity index (χ2n) is 7.74. The summed E-state index contributed by atoms with van der Waals surface area (Å²) in [5.74, 6) is 0.495. The molecule has 0 radical (unpaired) electrons. The zero-order chi connectivity index (χ0) is 21.0. The van der Waals surface area contributed by atoms with Crippen molar-refractivity contribution < 1.29 is 0 Å². The number of allylic oxidation sites excluding steroid dienone is 4. The van der Waals surface area contributed by atoms with Crippen molar-refractivity contribution in [1.29, 1.82) is 0 Å². The van der Waals surface area contributed by atoms with E-state index in [0.29, 0.717) is 5.92 Å². The lowest BCUT2D eigenvalue weighted by molar-refractivity contribution is 0.832. The van der Waals surface area contributed by atoms with Crippen LogP contribution in [-0.4, -0.2) is 0 Å². The summed E-state index contributed by atoms with van der Waals surface area (Å²) in [5.41, 5.74) is 8.39. The van der Waals surface area contributed by atoms with Crippen LogP contribution in [0, 0.1) is 12.8 Å². The maximum absolute atomic E-state index is 4.17. The molecule has 146 valence electrons. The van der Waals surface area contributed by atoms with E-state index < -0.39 is 0 Å². The number of aryl methyl sites for hydroxylation is 1. The summed E-state index contributed by atoms with van der Waals surface area (Å²) in [5, 5.41) is 2.48. The summed E-state index contributed by atoms with van der Waals surface area (Å²) < 4.78 is 0. The van der Waals surface area contributed by atoms with E-state index in [1.807, 2.05) is 12.2 Å². The third-order valence-corrected chi connectivity index (χ3v) is 5.30. The van der Waals surface area contributed by atoms with Crippen LogP contribution in [0.3, 0.4) is 0 Å². The molecule has 0 aliphatic carbocycles. The quantitative estimate of drug-likeness (QED) is 0.376. The van der Waals surface area contributed by atoms with E-state index in [-0.39, 0.29) is 0 Å². The van der Waals surface area contributed by atoms with Crippen molar-refractivity contribution in [3.05, 3.63) is 102 Å². The molecule has 0 aliphatic rings. The Morgan fingerprint density at radius 2 is 1.48 bits per heavy atom. The predicted molar refractivity (Wildman–Crippen MR) is 132 cm³/mol. The van der Waals surface area contributed by atoms with Crippen LogP contribution in [0.1, 0.15) is 43.0 Å². The first-order chi connectivity index (χ1) is 14.0. The fourth-order valence-corrected chi connectivity index (χ4v) is 3.86. The van der Waals surface area contributed by atoms with Crippen molar-refractivity contribution in [3.63, 3.8) is 0 Å². The van der Waals surface area contributed by atoms with Gasteiger partial charge in [-0.2, -0.15) is 0 Å². The van der Waals surface area contributed by atoms with Crippen molar-refractivity contribution in [2.45, 2.75) is 27.7 Å². The summed E-state index contributed by atoms with van der Waals surface area (Å²) in [6.07, 6.45) is 10.6. The van der Waals surface area contributed by atoms with Gasteiger partial charge in [0.25, 0.3) is 0 Å². The van der Waals surface area contributed by atoms with E-state index in [0.717, 1.165) is 11.1 Å². The molecule has 0 amide bonds. The van der Waals surface area contributed by atoms with Gasteiger partial charge < -0.3 is 0 Å². The second kappa shape index (κ2) is 8.92. The number of benzene rings is 3. The maximum Gasteiger partial charge on any atom is -0.00266 e. The van der Waals surface area contributed by atoms with Crippen LogP contribution in [-0.2, 0) is 0 Å². The number of rotatable bonds is 6. The molecule has 0 heterocycles. The minimum atomic E-state index is 0.495. The van der Waals surface area contributed by atoms with E-state index in [4.69, 9.17) is 0 Å². The number of hydrogen-bond donors (Lipinski definition) is 0. The molecule has 0 heteroatoms. The highest BCUT2D eigenvalue weighted by Gasteiger charge is 2.18. The summed E-state index contributed by atoms with van der Waals surface area (Å²) >= 11 is 0. The molecule has 0 saturated carbocycles. The lowest BCUT2D eigenvalue weighted by Crippen LogP contribution is -1.98. The fraction of sp³-hybridized carbons (Fsp3) is 0.172. The minimum absolute atomic E-state index is 0.495. The van der Waals surface area contributed by atoms with Gasteiger partial charge in [0, 0.05) is 0 Å². The van der Waals surface area contributed by atoms with Crippen LogP contribution in [0.5, 0.6) is 0 Å². The van der Waals surface area contributed by atoms with Crippen molar-refractivity contribution in [2.24, 2.45) is 5.92 Å². The van der Waals surface area contributed by atoms with Crippen LogP contribution >= 0.6 is 0 Å². The molecule has 0 bridgehead atoms. The Kier molecular flexibility index (Phi) is 6.34. The van der Waals surface area contributed by atoms with Gasteiger partial charge in [-0.05, 0) is 63.9 Å². The van der Waals surface area contributed by atoms with Crippen molar-refractivity contribution in [3.8, 4) is 11.1 Å². The Hall–Kier alpha value is -3.12. The second-order valence-corrected chi connectivity index (χ2v) is 7.74. The molecule has 0 saturated heterocycles. The highest BCUT2D eigenvalue weighted by Crippen LogP contribution is 2.41. The Bertz CT molecular complexity index is 1100. The summed E-state index contributed by atoms with van der Waals surface area (Å²) in [6.45, 7) is 17.0. The predicted octanol–water partition coefficient (Wildman–Crippen LogP) is 8.72. The Morgan fingerprint density at radius 1 is 0.862 bits per heavy atom. The van der Waals surface area contributed by atoms with Gasteiger partial charge in [0.05, 0.1) is 0 Å². The molecule has 3 aromatic rings. The maximum atomic E-state index is 4.17. The molecule has 0 atom stereocenters. The molecule has 0 aliphatic heterocycles. The van der Waals surface area contributed by atoms with Crippen LogP contribution in [0.15, 0.2) is 79.9 Å². The van der Waals surface area contributed by atoms with Gasteiger partial charge in [0.15, 0.2) is 0 Å². The van der Waals surface area contributed by atoms with E-state index in [9.17, 15) is 0 Å². The van der Waals surface area contributed by atoms with Crippen LogP contribution in [0.2, 0.25) is 0 Å². The van der Waals surface area contributed by atoms with Crippen LogP contribution in [0.25, 0.3) is 39.6 Å². The van der Waals surface area contributed by atoms with Gasteiger partial charge in [-0.1, -0.05) is 111 Å². The van der Waals surface area contributed by atoms with Crippen LogP contribution in [0.4, 0.5) is 0 Å². The van der Waals surface area contributed by atoms with E-state index >= 15 is 0 Å². The normalized spacial score (nSPS) is 12.1. The van der Waals surface area contributed by atoms with Gasteiger partial charge in [0.1, 0.15) is 0 Å². The summed E-state index contributed by atoms with van der Waals surface area (Å²) in [6, 6.07) is 17.4. The van der Waals surface area contributed by atoms with Gasteiger partial charge in [-0.25, -0.2) is 0 Å². The van der Waals surface area contributed by atoms with E-state index in [1.165, 1.54) is 38.6 Å². The zero-order valence-corrected chi connectivity index (χ0v) is 18.0. The van der Waals surface area contributed by atoms with Gasteiger partial charge in [0.2, 0.25) is 0 Å². The van der Waals surface area contributed by atoms with Crippen LogP contribution < -0.4 is 0 Å². The van der Waals surface area contributed by atoms with E-state index in [2.05, 4.69) is 108 Å². The summed E-state index contributed by atoms with van der Waals surface area (Å²) in [7, 11) is 0. The highest BCUT2D eigenvalue weighted by atomic mass is 14.2. The molecule has 3 aromatic carbocycles. The van der Waals surface area contributed by atoms with Gasteiger partial charge >= 0.3 is 0 Å². The third-order valence-electron chi connectivity index (χ3n) is 5.30. The fourth-order valence-electron chi connectivity index (χ4n) is 3.86. The molecule has 29 heavy (non-hydrogen) atoms. The lowest BCUT2D eigenvalue weighted by Gasteiger charge is -2.20. The lowest BCUT2D eigenvalue weighted by atomic mass is 9.83. The first-order valence-electron chi connectivity index (χ1n) is 10.3. The summed E-state index contributed by atoms with van der Waals surface area (Å²) in [4.78, 5) is 0. The van der Waals surface area contributed by atoms with Crippen molar-refractivity contribution in [2.75, 3.05) is 0 Å². The molecular weight excluding hydrogens is 348 g/mol. The van der Waals surface area contributed by atoms with E-state index in [1.54, 1.807) is 0 Å². The Morgan fingerprint density at radius 3 is 2.03 bits per heavy atom. The molecule has 0 N–H and O–H groups in total. The highest BCUT2D eigenvalue weighted by molar-refractivity contribution is 6.10. The minimum Gasteiger partial charge on any atom is -0.0984 e. The standard InChI is InChI=1S/C29H30/c1-7-22(17-14-20(4)5)28-24(8-2)25(9-3)29(23-18-15-21(6)16-19-23)27-13-11-10-12-26(27)28/h7-20H,2-3H2,1,4-6H3/b17-14-,22-7+. The zero-order valence-electron chi connectivity index (χ0n) is 18.0. The molecule has 0 nitrogen and oxygen atoms in total.